The highest BCUT2D eigenvalue weighted by molar-refractivity contribution is 6.21. The molecule has 0 bridgehead atoms. The zero-order chi connectivity index (χ0) is 9.42. The quantitative estimate of drug-likeness (QED) is 0.597. The molecule has 1 heterocycles. The number of carbonyl (C=O) groups excluding carboxylic acids is 2. The van der Waals surface area contributed by atoms with Crippen LogP contribution in [0.15, 0.2) is 30.5 Å². The molecule has 0 fully saturated rings. The molecular formula is C10H6NO2. The fourth-order valence-corrected chi connectivity index (χ4v) is 1.34. The van der Waals surface area contributed by atoms with Crippen LogP contribution in [-0.2, 0) is 0 Å². The van der Waals surface area contributed by atoms with Gasteiger partial charge in [-0.3, -0.25) is 9.59 Å². The molecule has 2 rings (SSSR count). The Morgan fingerprint density at radius 3 is 1.92 bits per heavy atom. The summed E-state index contributed by atoms with van der Waals surface area (Å²) in [6, 6.07) is 6.65. The van der Waals surface area contributed by atoms with Crippen molar-refractivity contribution in [3.63, 3.8) is 0 Å². The molecule has 0 saturated carbocycles. The second-order valence-electron chi connectivity index (χ2n) is 2.67. The van der Waals surface area contributed by atoms with E-state index in [1.807, 2.05) is 0 Å². The molecule has 63 valence electrons. The van der Waals surface area contributed by atoms with E-state index in [4.69, 9.17) is 6.58 Å². The molecule has 0 atom stereocenters. The lowest BCUT2D eigenvalue weighted by Crippen LogP contribution is -2.22. The standard InChI is InChI=1S/C10H6NO2/c1-2-11-9(12)7-5-3-4-6-8(7)10(11)13/h1-6H. The molecule has 1 aliphatic rings. The first-order chi connectivity index (χ1) is 6.25. The van der Waals surface area contributed by atoms with Crippen molar-refractivity contribution in [2.24, 2.45) is 0 Å². The summed E-state index contributed by atoms with van der Waals surface area (Å²) in [5, 5.41) is 0. The number of hydrogen-bond acceptors (Lipinski definition) is 2. The monoisotopic (exact) mass is 172 g/mol. The minimum absolute atomic E-state index is 0.358. The van der Waals surface area contributed by atoms with Gasteiger partial charge in [-0.15, -0.1) is 0 Å². The fourth-order valence-electron chi connectivity index (χ4n) is 1.34. The second kappa shape index (κ2) is 2.55. The summed E-state index contributed by atoms with van der Waals surface area (Å²) in [6.07, 6.45) is 0.991. The van der Waals surface area contributed by atoms with Gasteiger partial charge in [0.05, 0.1) is 11.1 Å². The minimum Gasteiger partial charge on any atom is -0.268 e. The molecule has 3 heteroatoms. The van der Waals surface area contributed by atoms with Gasteiger partial charge in [0.25, 0.3) is 11.8 Å². The predicted molar refractivity (Wildman–Crippen MR) is 45.8 cm³/mol. The number of nitrogens with zero attached hydrogens (tertiary/aromatic N) is 1. The highest BCUT2D eigenvalue weighted by atomic mass is 16.2. The third kappa shape index (κ3) is 0.902. The maximum Gasteiger partial charge on any atom is 0.265 e. The molecule has 0 unspecified atom stereocenters. The van der Waals surface area contributed by atoms with Crippen LogP contribution in [0.4, 0.5) is 0 Å². The van der Waals surface area contributed by atoms with E-state index in [1.165, 1.54) is 0 Å². The van der Waals surface area contributed by atoms with Crippen molar-refractivity contribution in [3.05, 3.63) is 48.2 Å². The number of fused-ring (bicyclic) bond motifs is 1. The summed E-state index contributed by atoms with van der Waals surface area (Å²) in [5.74, 6) is -0.716. The molecule has 2 amide bonds. The van der Waals surface area contributed by atoms with Gasteiger partial charge in [0, 0.05) is 6.20 Å². The first-order valence-electron chi connectivity index (χ1n) is 3.77. The molecule has 0 saturated heterocycles. The molecule has 13 heavy (non-hydrogen) atoms. The van der Waals surface area contributed by atoms with Crippen LogP contribution in [0.5, 0.6) is 0 Å². The van der Waals surface area contributed by atoms with Crippen LogP contribution < -0.4 is 0 Å². The minimum atomic E-state index is -0.358. The Kier molecular flexibility index (Phi) is 1.52. The molecule has 0 aliphatic carbocycles. The van der Waals surface area contributed by atoms with Crippen molar-refractivity contribution in [1.29, 1.82) is 0 Å². The lowest BCUT2D eigenvalue weighted by molar-refractivity contribution is 0.0721. The normalized spacial score (nSPS) is 14.6. The van der Waals surface area contributed by atoms with E-state index < -0.39 is 0 Å². The van der Waals surface area contributed by atoms with Gasteiger partial charge in [0.15, 0.2) is 0 Å². The van der Waals surface area contributed by atoms with Crippen LogP contribution in [0.3, 0.4) is 0 Å². The van der Waals surface area contributed by atoms with E-state index in [-0.39, 0.29) is 11.8 Å². The molecule has 0 aromatic heterocycles. The highest BCUT2D eigenvalue weighted by Crippen LogP contribution is 2.21. The third-order valence-electron chi connectivity index (χ3n) is 1.97. The number of rotatable bonds is 1. The van der Waals surface area contributed by atoms with Crippen molar-refractivity contribution >= 4 is 11.8 Å². The van der Waals surface area contributed by atoms with Gasteiger partial charge in [-0.2, -0.15) is 0 Å². The Morgan fingerprint density at radius 2 is 1.54 bits per heavy atom. The van der Waals surface area contributed by atoms with Crippen molar-refractivity contribution in [2.75, 3.05) is 0 Å². The molecule has 1 aliphatic heterocycles. The van der Waals surface area contributed by atoms with Gasteiger partial charge in [0.2, 0.25) is 0 Å². The van der Waals surface area contributed by atoms with Crippen molar-refractivity contribution in [1.82, 2.24) is 4.90 Å². The smallest absolute Gasteiger partial charge is 0.265 e. The Hall–Kier alpha value is -1.90. The Labute approximate surface area is 75.3 Å². The number of hydrogen-bond donors (Lipinski definition) is 0. The maximum absolute atomic E-state index is 11.4. The molecule has 0 N–H and O–H groups in total. The third-order valence-corrected chi connectivity index (χ3v) is 1.97. The average Bonchev–Trinajstić information content (AvgIpc) is 2.41. The summed E-state index contributed by atoms with van der Waals surface area (Å²) in [7, 11) is 0. The van der Waals surface area contributed by atoms with Crippen LogP contribution in [0.1, 0.15) is 20.7 Å². The summed E-state index contributed by atoms with van der Waals surface area (Å²) in [6.45, 7) is 5.15. The maximum atomic E-state index is 11.4. The van der Waals surface area contributed by atoms with E-state index >= 15 is 0 Å². The number of amides is 2. The van der Waals surface area contributed by atoms with Crippen LogP contribution in [0.2, 0.25) is 0 Å². The lowest BCUT2D eigenvalue weighted by atomic mass is 10.1. The van der Waals surface area contributed by atoms with E-state index in [0.29, 0.717) is 11.1 Å². The van der Waals surface area contributed by atoms with Gasteiger partial charge in [-0.1, -0.05) is 12.1 Å². The Bertz CT molecular complexity index is 374. The predicted octanol–water partition coefficient (Wildman–Crippen LogP) is 1.23. The van der Waals surface area contributed by atoms with Crippen molar-refractivity contribution in [2.45, 2.75) is 0 Å². The fraction of sp³-hybridized carbons (Fsp3) is 0. The second-order valence-corrected chi connectivity index (χ2v) is 2.67. The molecule has 3 nitrogen and oxygen atoms in total. The van der Waals surface area contributed by atoms with Gasteiger partial charge in [-0.25, -0.2) is 4.90 Å². The van der Waals surface area contributed by atoms with Crippen molar-refractivity contribution < 1.29 is 9.59 Å². The van der Waals surface area contributed by atoms with Gasteiger partial charge in [-0.05, 0) is 18.7 Å². The zero-order valence-corrected chi connectivity index (χ0v) is 6.73. The van der Waals surface area contributed by atoms with Crippen LogP contribution in [0, 0.1) is 6.58 Å². The number of benzene rings is 1. The summed E-state index contributed by atoms with van der Waals surface area (Å²) in [4.78, 5) is 23.8. The van der Waals surface area contributed by atoms with E-state index in [0.717, 1.165) is 11.1 Å². The summed E-state index contributed by atoms with van der Waals surface area (Å²) >= 11 is 0. The van der Waals surface area contributed by atoms with Gasteiger partial charge < -0.3 is 0 Å². The average molecular weight is 172 g/mol. The van der Waals surface area contributed by atoms with E-state index in [1.54, 1.807) is 24.3 Å². The van der Waals surface area contributed by atoms with Gasteiger partial charge >= 0.3 is 0 Å². The summed E-state index contributed by atoms with van der Waals surface area (Å²) < 4.78 is 0. The molecular weight excluding hydrogens is 166 g/mol. The molecule has 1 radical (unpaired) electrons. The number of imide groups is 1. The Balaban J connectivity index is 2.63. The van der Waals surface area contributed by atoms with Crippen LogP contribution in [0.25, 0.3) is 0 Å². The summed E-state index contributed by atoms with van der Waals surface area (Å²) in [5.41, 5.74) is 0.823. The van der Waals surface area contributed by atoms with Crippen LogP contribution >= 0.6 is 0 Å². The first-order valence-corrected chi connectivity index (χ1v) is 3.77. The zero-order valence-electron chi connectivity index (χ0n) is 6.73. The SMILES string of the molecule is [CH]=CN1C(=O)c2ccccc2C1=O. The highest BCUT2D eigenvalue weighted by Gasteiger charge is 2.33. The van der Waals surface area contributed by atoms with Crippen molar-refractivity contribution in [3.8, 4) is 0 Å². The molecule has 0 spiro atoms. The number of carbonyl (C=O) groups is 2. The van der Waals surface area contributed by atoms with E-state index in [9.17, 15) is 9.59 Å². The molecule has 1 aromatic rings. The first kappa shape index (κ1) is 7.73. The molecule has 1 aromatic carbocycles. The van der Waals surface area contributed by atoms with E-state index in [2.05, 4.69) is 0 Å². The Morgan fingerprint density at radius 1 is 1.08 bits per heavy atom. The lowest BCUT2D eigenvalue weighted by Gasteiger charge is -2.04. The largest absolute Gasteiger partial charge is 0.268 e. The van der Waals surface area contributed by atoms with Crippen LogP contribution in [-0.4, -0.2) is 16.7 Å². The topological polar surface area (TPSA) is 37.4 Å². The van der Waals surface area contributed by atoms with Gasteiger partial charge in [0.1, 0.15) is 0 Å².